The van der Waals surface area contributed by atoms with Gasteiger partial charge in [0.15, 0.2) is 0 Å². The number of amides is 4. The summed E-state index contributed by atoms with van der Waals surface area (Å²) < 4.78 is 5.92. The van der Waals surface area contributed by atoms with Crippen LogP contribution in [0.3, 0.4) is 0 Å². The van der Waals surface area contributed by atoms with Crippen molar-refractivity contribution in [2.75, 3.05) is 9.80 Å². The largest absolute Gasteiger partial charge is 0.439 e. The van der Waals surface area contributed by atoms with Crippen molar-refractivity contribution >= 4 is 56.5 Å². The lowest BCUT2D eigenvalue weighted by Crippen LogP contribution is -2.58. The third-order valence-corrected chi connectivity index (χ3v) is 8.59. The summed E-state index contributed by atoms with van der Waals surface area (Å²) in [4.78, 5) is 52.6. The van der Waals surface area contributed by atoms with E-state index < -0.39 is 11.9 Å². The van der Waals surface area contributed by atoms with E-state index in [2.05, 4.69) is 21.9 Å². The summed E-state index contributed by atoms with van der Waals surface area (Å²) in [7, 11) is 0. The van der Waals surface area contributed by atoms with Crippen LogP contribution in [-0.2, 0) is 4.79 Å². The van der Waals surface area contributed by atoms with Gasteiger partial charge in [-0.2, -0.15) is 0 Å². The number of nitrogens with zero attached hydrogens (tertiary/aromatic N) is 4. The smallest absolute Gasteiger partial charge is 0.334 e. The Bertz CT molecular complexity index is 1690. The lowest BCUT2D eigenvalue weighted by atomic mass is 9.88. The van der Waals surface area contributed by atoms with Gasteiger partial charge in [0.2, 0.25) is 11.8 Å². The number of aryl methyl sites for hydroxylation is 1. The molecule has 0 radical (unpaired) electrons. The van der Waals surface area contributed by atoms with Crippen LogP contribution in [0.15, 0.2) is 67.5 Å². The number of anilines is 3. The van der Waals surface area contributed by atoms with E-state index in [9.17, 15) is 14.4 Å². The van der Waals surface area contributed by atoms with E-state index in [0.29, 0.717) is 51.7 Å². The number of aromatic nitrogens is 2. The van der Waals surface area contributed by atoms with Gasteiger partial charge in [-0.1, -0.05) is 25.5 Å². The average molecular weight is 569 g/mol. The molecular formula is C30H28N6O4S. The molecule has 2 atom stereocenters. The van der Waals surface area contributed by atoms with Crippen molar-refractivity contribution in [1.29, 1.82) is 0 Å². The van der Waals surface area contributed by atoms with E-state index in [1.54, 1.807) is 40.4 Å². The number of urea groups is 1. The van der Waals surface area contributed by atoms with E-state index in [-0.39, 0.29) is 22.9 Å². The molecule has 10 nitrogen and oxygen atoms in total. The molecule has 0 saturated heterocycles. The summed E-state index contributed by atoms with van der Waals surface area (Å²) in [6, 6.07) is 11.6. The molecule has 3 N–H and O–H groups in total. The minimum Gasteiger partial charge on any atom is -0.439 e. The van der Waals surface area contributed by atoms with Gasteiger partial charge >= 0.3 is 6.03 Å². The van der Waals surface area contributed by atoms with Crippen LogP contribution in [0.4, 0.5) is 21.9 Å². The van der Waals surface area contributed by atoms with Crippen molar-refractivity contribution in [2.24, 2.45) is 5.73 Å². The molecule has 0 bridgehead atoms. The zero-order chi connectivity index (χ0) is 28.7. The Kier molecular flexibility index (Phi) is 6.88. The van der Waals surface area contributed by atoms with E-state index >= 15 is 0 Å². The number of hydrogen-bond donors (Lipinski definition) is 2. The van der Waals surface area contributed by atoms with Gasteiger partial charge in [0.05, 0.1) is 34.5 Å². The number of primary amides is 1. The zero-order valence-electron chi connectivity index (χ0n) is 22.4. The molecule has 1 aromatic carbocycles. The molecule has 4 heterocycles. The van der Waals surface area contributed by atoms with Gasteiger partial charge in [-0.3, -0.25) is 19.4 Å². The average Bonchev–Trinajstić information content (AvgIpc) is 3.36. The molecule has 1 saturated carbocycles. The van der Waals surface area contributed by atoms with Crippen molar-refractivity contribution in [1.82, 2.24) is 15.3 Å². The normalized spacial score (nSPS) is 18.3. The second-order valence-electron chi connectivity index (χ2n) is 10.0. The summed E-state index contributed by atoms with van der Waals surface area (Å²) in [5, 5.41) is 3.69. The number of rotatable bonds is 7. The van der Waals surface area contributed by atoms with Crippen LogP contribution in [0.5, 0.6) is 11.6 Å². The Morgan fingerprint density at radius 2 is 1.95 bits per heavy atom. The predicted octanol–water partition coefficient (Wildman–Crippen LogP) is 5.58. The Labute approximate surface area is 240 Å². The summed E-state index contributed by atoms with van der Waals surface area (Å²) >= 11 is 1.17. The first-order chi connectivity index (χ1) is 19.9. The fraction of sp³-hybridized carbons (Fsp3) is 0.233. The number of nitrogens with two attached hydrogens (primary N) is 1. The van der Waals surface area contributed by atoms with Crippen LogP contribution in [0.1, 0.15) is 40.9 Å². The summed E-state index contributed by atoms with van der Waals surface area (Å²) in [6.45, 7) is 5.49. The Balaban J connectivity index is 1.49. The summed E-state index contributed by atoms with van der Waals surface area (Å²) in [5.74, 6) is 0.102. The maximum atomic E-state index is 14.6. The molecule has 6 rings (SSSR count). The van der Waals surface area contributed by atoms with Gasteiger partial charge in [0.25, 0.3) is 5.91 Å². The maximum absolute atomic E-state index is 14.6. The number of benzene rings is 1. The van der Waals surface area contributed by atoms with Crippen LogP contribution >= 0.6 is 11.3 Å². The predicted molar refractivity (Wildman–Crippen MR) is 158 cm³/mol. The number of carbonyl (C=O) groups is 3. The topological polar surface area (TPSA) is 131 Å². The Morgan fingerprint density at radius 1 is 1.12 bits per heavy atom. The SMILES string of the molecule is C=CC(=O)N[C@H]1CCCC[C@H]1N1C(=O)N(c2ccc(Oc3ccccn3)cc2C)c2ccnc3sc(C(N)=O)c1c23. The summed E-state index contributed by atoms with van der Waals surface area (Å²) in [5.41, 5.74) is 8.36. The first-order valence-corrected chi connectivity index (χ1v) is 14.2. The van der Waals surface area contributed by atoms with Crippen LogP contribution in [0, 0.1) is 6.92 Å². The van der Waals surface area contributed by atoms with E-state index in [0.717, 1.165) is 18.4 Å². The summed E-state index contributed by atoms with van der Waals surface area (Å²) in [6.07, 6.45) is 7.61. The molecule has 41 heavy (non-hydrogen) atoms. The van der Waals surface area contributed by atoms with E-state index in [1.165, 1.54) is 17.4 Å². The lowest BCUT2D eigenvalue weighted by Gasteiger charge is -2.44. The van der Waals surface area contributed by atoms with E-state index in [4.69, 9.17) is 10.5 Å². The van der Waals surface area contributed by atoms with E-state index in [1.807, 2.05) is 31.2 Å². The molecule has 4 aromatic rings. The molecule has 11 heteroatoms. The van der Waals surface area contributed by atoms with Crippen molar-refractivity contribution < 1.29 is 19.1 Å². The second kappa shape index (κ2) is 10.7. The van der Waals surface area contributed by atoms with Gasteiger partial charge in [-0.25, -0.2) is 14.8 Å². The highest BCUT2D eigenvalue weighted by molar-refractivity contribution is 7.21. The van der Waals surface area contributed by atoms with Crippen molar-refractivity contribution in [2.45, 2.75) is 44.7 Å². The number of ether oxygens (including phenoxy) is 1. The van der Waals surface area contributed by atoms with Crippen molar-refractivity contribution in [3.8, 4) is 11.6 Å². The standard InChI is InChI=1S/C30H28N6O4S/c1-3-23(37)34-19-8-4-5-9-21(19)36-26-25-22(13-15-33-29(25)41-27(26)28(31)38)35(30(36)39)20-12-11-18(16-17(20)2)40-24-10-6-7-14-32-24/h3,6-7,10-16,19,21H,1,4-5,8-9H2,2H3,(H2,31,38)(H,34,37)/t19-,21+/m0/s1. The van der Waals surface area contributed by atoms with Crippen LogP contribution < -0.4 is 25.6 Å². The quantitative estimate of drug-likeness (QED) is 0.280. The molecular weight excluding hydrogens is 540 g/mol. The minimum atomic E-state index is -0.630. The zero-order valence-corrected chi connectivity index (χ0v) is 23.2. The van der Waals surface area contributed by atoms with Crippen LogP contribution in [0.25, 0.3) is 10.2 Å². The van der Waals surface area contributed by atoms with Gasteiger partial charge in [0, 0.05) is 18.5 Å². The van der Waals surface area contributed by atoms with Gasteiger partial charge < -0.3 is 15.8 Å². The minimum absolute atomic E-state index is 0.267. The molecule has 0 spiro atoms. The number of hydrogen-bond acceptors (Lipinski definition) is 7. The first kappa shape index (κ1) is 26.5. The molecule has 1 aliphatic carbocycles. The Morgan fingerprint density at radius 3 is 2.68 bits per heavy atom. The fourth-order valence-corrected chi connectivity index (χ4v) is 6.73. The molecule has 1 aliphatic heterocycles. The third-order valence-electron chi connectivity index (χ3n) is 7.49. The van der Waals surface area contributed by atoms with Crippen LogP contribution in [-0.4, -0.2) is 39.9 Å². The molecule has 2 aliphatic rings. The number of pyridine rings is 2. The van der Waals surface area contributed by atoms with Gasteiger partial charge in [-0.05, 0) is 61.7 Å². The van der Waals surface area contributed by atoms with Crippen molar-refractivity contribution in [3.05, 3.63) is 78.0 Å². The third kappa shape index (κ3) is 4.67. The maximum Gasteiger partial charge on any atom is 0.334 e. The lowest BCUT2D eigenvalue weighted by molar-refractivity contribution is -0.117. The Hall–Kier alpha value is -4.77. The first-order valence-electron chi connectivity index (χ1n) is 13.3. The number of nitrogens with one attached hydrogen (secondary N) is 1. The molecule has 208 valence electrons. The molecule has 3 aromatic heterocycles. The van der Waals surface area contributed by atoms with Gasteiger partial charge in [0.1, 0.15) is 15.5 Å². The highest BCUT2D eigenvalue weighted by Gasteiger charge is 2.44. The molecule has 4 amide bonds. The highest BCUT2D eigenvalue weighted by atomic mass is 32.1. The second-order valence-corrected chi connectivity index (χ2v) is 11.0. The highest BCUT2D eigenvalue weighted by Crippen LogP contribution is 2.50. The van der Waals surface area contributed by atoms with Gasteiger partial charge in [-0.15, -0.1) is 11.3 Å². The molecule has 0 unspecified atom stereocenters. The number of carbonyl (C=O) groups excluding carboxylic acids is 3. The number of thiophene rings is 1. The van der Waals surface area contributed by atoms with Crippen LogP contribution in [0.2, 0.25) is 0 Å². The molecule has 1 fully saturated rings. The van der Waals surface area contributed by atoms with Crippen molar-refractivity contribution in [3.63, 3.8) is 0 Å². The monoisotopic (exact) mass is 568 g/mol. The fourth-order valence-electron chi connectivity index (χ4n) is 5.72.